The molecule has 2 rings (SSSR count). The largest absolute Gasteiger partial charge is 0.504 e. The van der Waals surface area contributed by atoms with E-state index in [4.69, 9.17) is 9.47 Å². The second kappa shape index (κ2) is 8.36. The average Bonchev–Trinajstić information content (AvgIpc) is 2.59. The Kier molecular flexibility index (Phi) is 6.21. The molecule has 0 unspecified atom stereocenters. The van der Waals surface area contributed by atoms with Gasteiger partial charge in [0.2, 0.25) is 0 Å². The second-order valence-electron chi connectivity index (χ2n) is 5.65. The third kappa shape index (κ3) is 4.26. The molecule has 0 saturated carbocycles. The number of phenolic OH excluding ortho intramolecular Hbond substituents is 1. The van der Waals surface area contributed by atoms with Crippen molar-refractivity contribution in [3.63, 3.8) is 0 Å². The van der Waals surface area contributed by atoms with Gasteiger partial charge in [-0.2, -0.15) is 0 Å². The van der Waals surface area contributed by atoms with E-state index < -0.39 is 0 Å². The van der Waals surface area contributed by atoms with Crippen molar-refractivity contribution in [2.45, 2.75) is 6.04 Å². The summed E-state index contributed by atoms with van der Waals surface area (Å²) in [5.41, 5.74) is 1.77. The lowest BCUT2D eigenvalue weighted by molar-refractivity contribution is 0.305. The number of ether oxygens (including phenoxy) is 2. The number of methoxy groups -OCH3 is 2. The molecule has 0 amide bonds. The van der Waals surface area contributed by atoms with Crippen LogP contribution in [0.4, 0.5) is 0 Å². The summed E-state index contributed by atoms with van der Waals surface area (Å²) >= 11 is 0. The monoisotopic (exact) mass is 328 g/mol. The number of phenols is 1. The molecule has 128 valence electrons. The summed E-state index contributed by atoms with van der Waals surface area (Å²) < 4.78 is 10.4. The van der Waals surface area contributed by atoms with Gasteiger partial charge in [0.05, 0.1) is 26.8 Å². The zero-order chi connectivity index (χ0) is 17.5. The molecule has 0 spiro atoms. The van der Waals surface area contributed by atoms with Gasteiger partial charge in [-0.05, 0) is 43.9 Å². The Morgan fingerprint density at radius 3 is 2.54 bits per heavy atom. The number of aromatic hydroxyl groups is 1. The van der Waals surface area contributed by atoms with Crippen molar-refractivity contribution in [1.82, 2.24) is 4.90 Å². The van der Waals surface area contributed by atoms with Crippen molar-refractivity contribution in [2.75, 3.05) is 34.9 Å². The van der Waals surface area contributed by atoms with E-state index in [0.29, 0.717) is 17.9 Å². The maximum Gasteiger partial charge on any atom is 0.166 e. The Bertz CT molecular complexity index is 699. The summed E-state index contributed by atoms with van der Waals surface area (Å²) in [6, 6.07) is 13.4. The van der Waals surface area contributed by atoms with Crippen molar-refractivity contribution in [3.8, 4) is 17.2 Å². The van der Waals surface area contributed by atoms with Crippen LogP contribution < -0.4 is 9.47 Å². The Morgan fingerprint density at radius 1 is 1.12 bits per heavy atom. The average molecular weight is 328 g/mol. The first-order valence-corrected chi connectivity index (χ1v) is 7.73. The van der Waals surface area contributed by atoms with Crippen molar-refractivity contribution in [1.29, 1.82) is 0 Å². The number of nitrogens with zero attached hydrogens (tertiary/aromatic N) is 2. The molecule has 1 N–H and O–H groups in total. The molecule has 0 bridgehead atoms. The summed E-state index contributed by atoms with van der Waals surface area (Å²) in [4.78, 5) is 6.62. The van der Waals surface area contributed by atoms with Crippen LogP contribution in [0.3, 0.4) is 0 Å². The van der Waals surface area contributed by atoms with Crippen molar-refractivity contribution < 1.29 is 14.6 Å². The first-order chi connectivity index (χ1) is 11.6. The van der Waals surface area contributed by atoms with E-state index in [1.165, 1.54) is 7.11 Å². The van der Waals surface area contributed by atoms with Crippen LogP contribution in [0.5, 0.6) is 17.2 Å². The highest BCUT2D eigenvalue weighted by atomic mass is 16.5. The van der Waals surface area contributed by atoms with Crippen molar-refractivity contribution >= 4 is 6.21 Å². The summed E-state index contributed by atoms with van der Waals surface area (Å²) in [5.74, 6) is 1.37. The molecule has 0 saturated heterocycles. The molecule has 0 aromatic heterocycles. The smallest absolute Gasteiger partial charge is 0.166 e. The van der Waals surface area contributed by atoms with E-state index in [1.807, 2.05) is 38.4 Å². The molecule has 2 aromatic carbocycles. The predicted octanol–water partition coefficient (Wildman–Crippen LogP) is 3.13. The number of rotatable bonds is 7. The minimum absolute atomic E-state index is 0.103. The van der Waals surface area contributed by atoms with E-state index in [0.717, 1.165) is 11.3 Å². The fraction of sp³-hybridized carbons (Fsp3) is 0.316. The van der Waals surface area contributed by atoms with Crippen LogP contribution in [-0.4, -0.2) is 51.1 Å². The Balaban J connectivity index is 2.17. The molecule has 5 heteroatoms. The minimum atomic E-state index is 0.103. The SMILES string of the molecule is COc1cccc([C@H](CN=Cc2cccc(OC)c2O)N(C)C)c1. The van der Waals surface area contributed by atoms with Crippen LogP contribution in [0.15, 0.2) is 47.5 Å². The van der Waals surface area contributed by atoms with Gasteiger partial charge in [-0.1, -0.05) is 18.2 Å². The topological polar surface area (TPSA) is 54.3 Å². The summed E-state index contributed by atoms with van der Waals surface area (Å²) in [6.45, 7) is 0.566. The van der Waals surface area contributed by atoms with E-state index in [-0.39, 0.29) is 11.8 Å². The zero-order valence-corrected chi connectivity index (χ0v) is 14.6. The van der Waals surface area contributed by atoms with Gasteiger partial charge in [-0.3, -0.25) is 4.99 Å². The number of aliphatic imine (C=N–C) groups is 1. The van der Waals surface area contributed by atoms with Gasteiger partial charge in [-0.25, -0.2) is 0 Å². The molecular formula is C19H24N2O3. The summed E-state index contributed by atoms with van der Waals surface area (Å²) in [5, 5.41) is 10.1. The quantitative estimate of drug-likeness (QED) is 0.794. The van der Waals surface area contributed by atoms with Gasteiger partial charge >= 0.3 is 0 Å². The highest BCUT2D eigenvalue weighted by Crippen LogP contribution is 2.28. The van der Waals surface area contributed by atoms with Crippen LogP contribution in [-0.2, 0) is 0 Å². The van der Waals surface area contributed by atoms with Gasteiger partial charge < -0.3 is 19.5 Å². The zero-order valence-electron chi connectivity index (χ0n) is 14.6. The van der Waals surface area contributed by atoms with E-state index in [1.54, 1.807) is 25.5 Å². The molecule has 24 heavy (non-hydrogen) atoms. The fourth-order valence-corrected chi connectivity index (χ4v) is 2.47. The van der Waals surface area contributed by atoms with E-state index in [2.05, 4.69) is 16.0 Å². The lowest BCUT2D eigenvalue weighted by Crippen LogP contribution is -2.22. The van der Waals surface area contributed by atoms with Gasteiger partial charge in [0, 0.05) is 11.8 Å². The Morgan fingerprint density at radius 2 is 1.88 bits per heavy atom. The molecule has 0 heterocycles. The molecule has 5 nitrogen and oxygen atoms in total. The molecule has 0 aliphatic rings. The molecule has 0 radical (unpaired) electrons. The molecule has 1 atom stereocenters. The minimum Gasteiger partial charge on any atom is -0.504 e. The third-order valence-corrected chi connectivity index (χ3v) is 3.86. The van der Waals surface area contributed by atoms with Gasteiger partial charge in [0.1, 0.15) is 5.75 Å². The van der Waals surface area contributed by atoms with Crippen LogP contribution in [0.2, 0.25) is 0 Å². The van der Waals surface area contributed by atoms with E-state index >= 15 is 0 Å². The van der Waals surface area contributed by atoms with Crippen LogP contribution in [0, 0.1) is 0 Å². The normalized spacial score (nSPS) is 12.5. The maximum atomic E-state index is 10.1. The van der Waals surface area contributed by atoms with Crippen molar-refractivity contribution in [2.24, 2.45) is 4.99 Å². The Hall–Kier alpha value is -2.53. The van der Waals surface area contributed by atoms with E-state index in [9.17, 15) is 5.11 Å². The van der Waals surface area contributed by atoms with Gasteiger partial charge in [0.15, 0.2) is 11.5 Å². The maximum absolute atomic E-state index is 10.1. The standard InChI is InChI=1S/C19H24N2O3/c1-21(2)17(14-7-5-9-16(11-14)23-3)13-20-12-15-8-6-10-18(24-4)19(15)22/h5-12,17,22H,13H2,1-4H3/t17-/m0/s1. The lowest BCUT2D eigenvalue weighted by Gasteiger charge is -2.23. The van der Waals surface area contributed by atoms with Crippen LogP contribution >= 0.6 is 0 Å². The fourth-order valence-electron chi connectivity index (χ4n) is 2.47. The molecule has 2 aromatic rings. The number of hydrogen-bond acceptors (Lipinski definition) is 5. The summed E-state index contributed by atoms with van der Waals surface area (Å²) in [7, 11) is 7.22. The number of likely N-dealkylation sites (N-methyl/N-ethyl adjacent to an activating group) is 1. The highest BCUT2D eigenvalue weighted by molar-refractivity contribution is 5.84. The molecule has 0 aliphatic carbocycles. The Labute approximate surface area is 143 Å². The van der Waals surface area contributed by atoms with Gasteiger partial charge in [0.25, 0.3) is 0 Å². The first-order valence-electron chi connectivity index (χ1n) is 7.73. The van der Waals surface area contributed by atoms with Crippen LogP contribution in [0.1, 0.15) is 17.2 Å². The molecule has 0 fully saturated rings. The number of para-hydroxylation sites is 1. The van der Waals surface area contributed by atoms with Crippen molar-refractivity contribution in [3.05, 3.63) is 53.6 Å². The third-order valence-electron chi connectivity index (χ3n) is 3.86. The second-order valence-corrected chi connectivity index (χ2v) is 5.65. The predicted molar refractivity (Wildman–Crippen MR) is 96.5 cm³/mol. The number of benzene rings is 2. The van der Waals surface area contributed by atoms with Gasteiger partial charge in [-0.15, -0.1) is 0 Å². The molecular weight excluding hydrogens is 304 g/mol. The van der Waals surface area contributed by atoms with Crippen LogP contribution in [0.25, 0.3) is 0 Å². The highest BCUT2D eigenvalue weighted by Gasteiger charge is 2.14. The molecule has 0 aliphatic heterocycles. The number of hydrogen-bond donors (Lipinski definition) is 1. The lowest BCUT2D eigenvalue weighted by atomic mass is 10.1. The first kappa shape index (κ1) is 17.8. The summed E-state index contributed by atoms with van der Waals surface area (Å²) in [6.07, 6.45) is 1.68.